The monoisotopic (exact) mass is 427 g/mol. The molecule has 4 aromatic rings. The number of aliphatic hydroxyl groups excluding tert-OH is 1. The van der Waals surface area contributed by atoms with Crippen molar-refractivity contribution in [2.75, 3.05) is 19.0 Å². The van der Waals surface area contributed by atoms with Crippen molar-refractivity contribution >= 4 is 22.8 Å². The van der Waals surface area contributed by atoms with Crippen molar-refractivity contribution in [3.05, 3.63) is 101 Å². The number of thiophene rings is 1. The standard InChI is InChI=1S/C27H25NO2S/c1-18-16-24(31-17-18)22-10-7-11-23(25(22)19-8-5-4-6-9-19)27(30)26(29)20-12-14-21(15-13-20)28(2)3/h4-17,26,29H,1-3H3. The van der Waals surface area contributed by atoms with Gasteiger partial charge in [0.05, 0.1) is 0 Å². The summed E-state index contributed by atoms with van der Waals surface area (Å²) in [4.78, 5) is 16.6. The summed E-state index contributed by atoms with van der Waals surface area (Å²) in [5, 5.41) is 13.1. The maximum absolute atomic E-state index is 13.5. The molecule has 0 amide bonds. The van der Waals surface area contributed by atoms with E-state index in [2.05, 4.69) is 18.4 Å². The molecule has 4 heteroatoms. The van der Waals surface area contributed by atoms with Crippen LogP contribution in [0.15, 0.2) is 84.2 Å². The van der Waals surface area contributed by atoms with Gasteiger partial charge in [-0.2, -0.15) is 0 Å². The summed E-state index contributed by atoms with van der Waals surface area (Å²) in [5.74, 6) is -0.299. The molecule has 0 radical (unpaired) electrons. The lowest BCUT2D eigenvalue weighted by Crippen LogP contribution is -2.14. The quantitative estimate of drug-likeness (QED) is 0.363. The Morgan fingerprint density at radius 3 is 2.26 bits per heavy atom. The number of aryl methyl sites for hydroxylation is 1. The first kappa shape index (κ1) is 21.0. The van der Waals surface area contributed by atoms with Crippen LogP contribution in [-0.4, -0.2) is 25.0 Å². The minimum atomic E-state index is -1.22. The highest BCUT2D eigenvalue weighted by molar-refractivity contribution is 7.13. The van der Waals surface area contributed by atoms with Crippen LogP contribution in [0.1, 0.15) is 27.6 Å². The van der Waals surface area contributed by atoms with Gasteiger partial charge in [0.2, 0.25) is 0 Å². The molecule has 31 heavy (non-hydrogen) atoms. The topological polar surface area (TPSA) is 40.5 Å². The maximum Gasteiger partial charge on any atom is 0.196 e. The van der Waals surface area contributed by atoms with Crippen molar-refractivity contribution in [2.45, 2.75) is 13.0 Å². The van der Waals surface area contributed by atoms with Crippen molar-refractivity contribution < 1.29 is 9.90 Å². The predicted octanol–water partition coefficient (Wildman–Crippen LogP) is 6.37. The van der Waals surface area contributed by atoms with Crippen LogP contribution in [0.5, 0.6) is 0 Å². The van der Waals surface area contributed by atoms with E-state index in [0.717, 1.165) is 27.3 Å². The fourth-order valence-electron chi connectivity index (χ4n) is 3.70. The molecule has 0 aliphatic rings. The number of hydrogen-bond acceptors (Lipinski definition) is 4. The Morgan fingerprint density at radius 2 is 1.65 bits per heavy atom. The highest BCUT2D eigenvalue weighted by Gasteiger charge is 2.24. The largest absolute Gasteiger partial charge is 0.380 e. The molecule has 3 nitrogen and oxygen atoms in total. The number of benzene rings is 3. The Bertz CT molecular complexity index is 1190. The molecular formula is C27H25NO2S. The van der Waals surface area contributed by atoms with Gasteiger partial charge in [0.15, 0.2) is 5.78 Å². The van der Waals surface area contributed by atoms with Gasteiger partial charge in [-0.1, -0.05) is 60.7 Å². The number of carbonyl (C=O) groups is 1. The number of nitrogens with zero attached hydrogens (tertiary/aromatic N) is 1. The molecule has 1 atom stereocenters. The zero-order valence-corrected chi connectivity index (χ0v) is 18.7. The van der Waals surface area contributed by atoms with E-state index in [0.29, 0.717) is 11.1 Å². The SMILES string of the molecule is Cc1csc(-c2cccc(C(=O)C(O)c3ccc(N(C)C)cc3)c2-c2ccccc2)c1. The minimum Gasteiger partial charge on any atom is -0.380 e. The van der Waals surface area contributed by atoms with Gasteiger partial charge in [0, 0.05) is 41.4 Å². The van der Waals surface area contributed by atoms with Gasteiger partial charge in [-0.3, -0.25) is 4.79 Å². The average molecular weight is 428 g/mol. The first-order valence-electron chi connectivity index (χ1n) is 10.2. The van der Waals surface area contributed by atoms with Crippen LogP contribution in [0.25, 0.3) is 21.6 Å². The molecule has 0 fully saturated rings. The highest BCUT2D eigenvalue weighted by Crippen LogP contribution is 2.39. The molecular weight excluding hydrogens is 402 g/mol. The second-order valence-corrected chi connectivity index (χ2v) is 8.75. The first-order chi connectivity index (χ1) is 15.0. The fraction of sp³-hybridized carbons (Fsp3) is 0.148. The average Bonchev–Trinajstić information content (AvgIpc) is 3.24. The molecule has 1 aromatic heterocycles. The van der Waals surface area contributed by atoms with Gasteiger partial charge in [-0.25, -0.2) is 0 Å². The van der Waals surface area contributed by atoms with Crippen LogP contribution in [0, 0.1) is 6.92 Å². The predicted molar refractivity (Wildman–Crippen MR) is 130 cm³/mol. The lowest BCUT2D eigenvalue weighted by atomic mass is 9.88. The zero-order chi connectivity index (χ0) is 22.0. The molecule has 1 unspecified atom stereocenters. The van der Waals surface area contributed by atoms with Crippen LogP contribution in [-0.2, 0) is 0 Å². The van der Waals surface area contributed by atoms with Crippen molar-refractivity contribution in [1.82, 2.24) is 0 Å². The van der Waals surface area contributed by atoms with E-state index in [4.69, 9.17) is 0 Å². The van der Waals surface area contributed by atoms with E-state index in [9.17, 15) is 9.90 Å². The Hall–Kier alpha value is -3.21. The molecule has 0 saturated carbocycles. The number of Topliss-reactive ketones (excluding diaryl/α,β-unsaturated/α-hetero) is 1. The van der Waals surface area contributed by atoms with Gasteiger partial charge >= 0.3 is 0 Å². The number of ketones is 1. The Morgan fingerprint density at radius 1 is 0.935 bits per heavy atom. The van der Waals surface area contributed by atoms with E-state index in [1.165, 1.54) is 5.56 Å². The van der Waals surface area contributed by atoms with Crippen molar-refractivity contribution in [3.63, 3.8) is 0 Å². The normalized spacial score (nSPS) is 11.9. The van der Waals surface area contributed by atoms with E-state index >= 15 is 0 Å². The summed E-state index contributed by atoms with van der Waals surface area (Å²) in [6.45, 7) is 2.07. The van der Waals surface area contributed by atoms with Crippen LogP contribution in [0.3, 0.4) is 0 Å². The zero-order valence-electron chi connectivity index (χ0n) is 17.9. The van der Waals surface area contributed by atoms with E-state index in [-0.39, 0.29) is 5.78 Å². The summed E-state index contributed by atoms with van der Waals surface area (Å²) in [6, 6.07) is 25.3. The van der Waals surface area contributed by atoms with Gasteiger partial charge in [0.25, 0.3) is 0 Å². The molecule has 1 heterocycles. The number of rotatable bonds is 6. The van der Waals surface area contributed by atoms with E-state index in [1.54, 1.807) is 11.3 Å². The lowest BCUT2D eigenvalue weighted by Gasteiger charge is -2.18. The Balaban J connectivity index is 1.81. The third-order valence-electron chi connectivity index (χ3n) is 5.36. The van der Waals surface area contributed by atoms with Gasteiger partial charge in [-0.15, -0.1) is 11.3 Å². The summed E-state index contributed by atoms with van der Waals surface area (Å²) >= 11 is 1.66. The molecule has 3 aromatic carbocycles. The van der Waals surface area contributed by atoms with Gasteiger partial charge in [0.1, 0.15) is 6.10 Å². The maximum atomic E-state index is 13.5. The van der Waals surface area contributed by atoms with Crippen molar-refractivity contribution in [2.24, 2.45) is 0 Å². The number of hydrogen-bond donors (Lipinski definition) is 1. The molecule has 0 spiro atoms. The summed E-state index contributed by atoms with van der Waals surface area (Å²) in [7, 11) is 3.92. The van der Waals surface area contributed by atoms with Crippen LogP contribution < -0.4 is 4.90 Å². The van der Waals surface area contributed by atoms with Crippen molar-refractivity contribution in [1.29, 1.82) is 0 Å². The fourth-order valence-corrected chi connectivity index (χ4v) is 4.64. The minimum absolute atomic E-state index is 0.299. The Kier molecular flexibility index (Phi) is 6.03. The lowest BCUT2D eigenvalue weighted by molar-refractivity contribution is 0.0748. The van der Waals surface area contributed by atoms with Crippen molar-refractivity contribution in [3.8, 4) is 21.6 Å². The summed E-state index contributed by atoms with van der Waals surface area (Å²) in [6.07, 6.45) is -1.22. The Labute approximate surface area is 187 Å². The third-order valence-corrected chi connectivity index (χ3v) is 6.44. The van der Waals surface area contributed by atoms with Crippen LogP contribution in [0.4, 0.5) is 5.69 Å². The third kappa shape index (κ3) is 4.31. The summed E-state index contributed by atoms with van der Waals surface area (Å²) < 4.78 is 0. The second-order valence-electron chi connectivity index (χ2n) is 7.84. The molecule has 156 valence electrons. The molecule has 1 N–H and O–H groups in total. The first-order valence-corrected chi connectivity index (χ1v) is 11.1. The van der Waals surface area contributed by atoms with Gasteiger partial charge in [-0.05, 0) is 47.2 Å². The molecule has 0 saturated heterocycles. The molecule has 0 aliphatic heterocycles. The molecule has 0 aliphatic carbocycles. The second kappa shape index (κ2) is 8.88. The smallest absolute Gasteiger partial charge is 0.196 e. The van der Waals surface area contributed by atoms with Crippen LogP contribution >= 0.6 is 11.3 Å². The summed E-state index contributed by atoms with van der Waals surface area (Å²) in [5.41, 5.74) is 6.15. The molecule has 0 bridgehead atoms. The van der Waals surface area contributed by atoms with E-state index < -0.39 is 6.10 Å². The van der Waals surface area contributed by atoms with Crippen LogP contribution in [0.2, 0.25) is 0 Å². The van der Waals surface area contributed by atoms with E-state index in [1.807, 2.05) is 91.8 Å². The van der Waals surface area contributed by atoms with Gasteiger partial charge < -0.3 is 10.0 Å². The number of carbonyl (C=O) groups excluding carboxylic acids is 1. The number of anilines is 1. The molecule has 4 rings (SSSR count). The number of aliphatic hydroxyl groups is 1. The highest BCUT2D eigenvalue weighted by atomic mass is 32.1.